The van der Waals surface area contributed by atoms with Crippen molar-refractivity contribution >= 4 is 10.2 Å². The summed E-state index contributed by atoms with van der Waals surface area (Å²) >= 11 is 0. The highest BCUT2D eigenvalue weighted by molar-refractivity contribution is 7.87. The van der Waals surface area contributed by atoms with Crippen LogP contribution in [-0.4, -0.2) is 37.9 Å². The molecule has 1 rings (SSSR count). The number of rotatable bonds is 5. The van der Waals surface area contributed by atoms with Crippen LogP contribution in [-0.2, 0) is 10.2 Å². The Morgan fingerprint density at radius 3 is 2.65 bits per heavy atom. The van der Waals surface area contributed by atoms with E-state index in [-0.39, 0.29) is 0 Å². The Kier molecular flexibility index (Phi) is 4.95. The fourth-order valence-electron chi connectivity index (χ4n) is 2.19. The van der Waals surface area contributed by atoms with Crippen LogP contribution in [0.1, 0.15) is 40.0 Å². The molecule has 0 aliphatic carbocycles. The second-order valence-corrected chi connectivity index (χ2v) is 7.31. The summed E-state index contributed by atoms with van der Waals surface area (Å²) in [7, 11) is -3.37. The van der Waals surface area contributed by atoms with E-state index in [9.17, 15) is 8.42 Å². The van der Waals surface area contributed by atoms with Gasteiger partial charge in [0.05, 0.1) is 0 Å². The van der Waals surface area contributed by atoms with Crippen molar-refractivity contribution in [3.05, 3.63) is 0 Å². The molecule has 0 spiro atoms. The molecule has 0 aromatic carbocycles. The smallest absolute Gasteiger partial charge is 0.279 e. The van der Waals surface area contributed by atoms with E-state index in [0.717, 1.165) is 12.8 Å². The van der Waals surface area contributed by atoms with Gasteiger partial charge in [-0.3, -0.25) is 0 Å². The highest BCUT2D eigenvalue weighted by Crippen LogP contribution is 2.19. The van der Waals surface area contributed by atoms with Crippen LogP contribution in [0.2, 0.25) is 0 Å². The molecule has 1 atom stereocenters. The number of nitrogens with one attached hydrogen (secondary N) is 1. The zero-order chi connectivity index (χ0) is 13.1. The number of nitrogens with zero attached hydrogens (tertiary/aromatic N) is 1. The summed E-state index contributed by atoms with van der Waals surface area (Å²) in [5.41, 5.74) is 5.01. The van der Waals surface area contributed by atoms with E-state index < -0.39 is 15.7 Å². The standard InChI is InChI=1S/C11H25N3O2S/c1-10-5-4-8-14(9-10)17(15,16)13-11(2,3)6-7-12/h10,13H,4-9,12H2,1-3H3. The zero-order valence-electron chi connectivity index (χ0n) is 11.1. The Balaban J connectivity index is 2.67. The molecule has 102 valence electrons. The number of nitrogens with two attached hydrogens (primary N) is 1. The van der Waals surface area contributed by atoms with Gasteiger partial charge >= 0.3 is 0 Å². The van der Waals surface area contributed by atoms with Crippen molar-refractivity contribution in [1.82, 2.24) is 9.03 Å². The second kappa shape index (κ2) is 5.65. The van der Waals surface area contributed by atoms with Gasteiger partial charge in [0.1, 0.15) is 0 Å². The summed E-state index contributed by atoms with van der Waals surface area (Å²) in [5, 5.41) is 0. The minimum Gasteiger partial charge on any atom is -0.330 e. The molecule has 0 radical (unpaired) electrons. The molecule has 6 heteroatoms. The Morgan fingerprint density at radius 2 is 2.12 bits per heavy atom. The average Bonchev–Trinajstić information content (AvgIpc) is 2.15. The van der Waals surface area contributed by atoms with Crippen molar-refractivity contribution in [1.29, 1.82) is 0 Å². The first-order valence-corrected chi connectivity index (χ1v) is 7.70. The molecular weight excluding hydrogens is 238 g/mol. The Bertz CT molecular complexity index is 341. The lowest BCUT2D eigenvalue weighted by atomic mass is 10.0. The van der Waals surface area contributed by atoms with Gasteiger partial charge in [-0.1, -0.05) is 6.92 Å². The minimum absolute atomic E-state index is 0.443. The van der Waals surface area contributed by atoms with Gasteiger partial charge in [0.25, 0.3) is 10.2 Å². The fourth-order valence-corrected chi connectivity index (χ4v) is 3.94. The van der Waals surface area contributed by atoms with E-state index in [4.69, 9.17) is 5.73 Å². The number of piperidine rings is 1. The highest BCUT2D eigenvalue weighted by Gasteiger charge is 2.31. The maximum atomic E-state index is 12.2. The molecule has 1 unspecified atom stereocenters. The monoisotopic (exact) mass is 263 g/mol. The van der Waals surface area contributed by atoms with E-state index in [1.165, 1.54) is 0 Å². The van der Waals surface area contributed by atoms with Gasteiger partial charge in [0.2, 0.25) is 0 Å². The molecule has 1 saturated heterocycles. The Morgan fingerprint density at radius 1 is 1.47 bits per heavy atom. The molecule has 1 aliphatic heterocycles. The molecular formula is C11H25N3O2S. The lowest BCUT2D eigenvalue weighted by Gasteiger charge is -2.34. The minimum atomic E-state index is -3.37. The van der Waals surface area contributed by atoms with Crippen molar-refractivity contribution in [3.63, 3.8) is 0 Å². The molecule has 1 heterocycles. The summed E-state index contributed by atoms with van der Waals surface area (Å²) in [6, 6.07) is 0. The van der Waals surface area contributed by atoms with Crippen LogP contribution in [0.5, 0.6) is 0 Å². The summed E-state index contributed by atoms with van der Waals surface area (Å²) in [4.78, 5) is 0. The van der Waals surface area contributed by atoms with Gasteiger partial charge < -0.3 is 5.73 Å². The summed E-state index contributed by atoms with van der Waals surface area (Å²) in [5.74, 6) is 0.443. The van der Waals surface area contributed by atoms with E-state index in [1.807, 2.05) is 13.8 Å². The molecule has 0 bridgehead atoms. The molecule has 0 aromatic rings. The van der Waals surface area contributed by atoms with Crippen LogP contribution in [0.25, 0.3) is 0 Å². The third-order valence-electron chi connectivity index (χ3n) is 3.13. The first kappa shape index (κ1) is 14.9. The predicted molar refractivity (Wildman–Crippen MR) is 69.8 cm³/mol. The highest BCUT2D eigenvalue weighted by atomic mass is 32.2. The van der Waals surface area contributed by atoms with Gasteiger partial charge in [0, 0.05) is 18.6 Å². The largest absolute Gasteiger partial charge is 0.330 e. The SMILES string of the molecule is CC1CCCN(S(=O)(=O)NC(C)(C)CCN)C1. The quantitative estimate of drug-likeness (QED) is 0.766. The third-order valence-corrected chi connectivity index (χ3v) is 4.96. The third kappa shape index (κ3) is 4.54. The molecule has 1 fully saturated rings. The zero-order valence-corrected chi connectivity index (χ0v) is 11.9. The van der Waals surface area contributed by atoms with Gasteiger partial charge in [0.15, 0.2) is 0 Å². The first-order valence-electron chi connectivity index (χ1n) is 6.26. The lowest BCUT2D eigenvalue weighted by Crippen LogP contribution is -2.53. The maximum absolute atomic E-state index is 12.2. The number of hydrogen-bond acceptors (Lipinski definition) is 3. The van der Waals surface area contributed by atoms with Crippen LogP contribution >= 0.6 is 0 Å². The van der Waals surface area contributed by atoms with Crippen molar-refractivity contribution in [3.8, 4) is 0 Å². The van der Waals surface area contributed by atoms with Crippen LogP contribution in [0.3, 0.4) is 0 Å². The molecule has 17 heavy (non-hydrogen) atoms. The van der Waals surface area contributed by atoms with E-state index >= 15 is 0 Å². The van der Waals surface area contributed by atoms with Crippen molar-refractivity contribution in [2.24, 2.45) is 11.7 Å². The van der Waals surface area contributed by atoms with Gasteiger partial charge in [-0.05, 0) is 45.6 Å². The van der Waals surface area contributed by atoms with Crippen LogP contribution < -0.4 is 10.5 Å². The van der Waals surface area contributed by atoms with E-state index in [2.05, 4.69) is 11.6 Å². The fraction of sp³-hybridized carbons (Fsp3) is 1.00. The van der Waals surface area contributed by atoms with Crippen LogP contribution in [0, 0.1) is 5.92 Å². The molecule has 0 aromatic heterocycles. The van der Waals surface area contributed by atoms with Gasteiger partial charge in [-0.15, -0.1) is 0 Å². The van der Waals surface area contributed by atoms with Gasteiger partial charge in [-0.2, -0.15) is 17.4 Å². The van der Waals surface area contributed by atoms with Gasteiger partial charge in [-0.25, -0.2) is 0 Å². The van der Waals surface area contributed by atoms with E-state index in [1.54, 1.807) is 4.31 Å². The molecule has 0 amide bonds. The summed E-state index contributed by atoms with van der Waals surface area (Å²) < 4.78 is 28.7. The van der Waals surface area contributed by atoms with E-state index in [0.29, 0.717) is 32.0 Å². The molecule has 5 nitrogen and oxygen atoms in total. The number of hydrogen-bond donors (Lipinski definition) is 2. The maximum Gasteiger partial charge on any atom is 0.279 e. The Labute approximate surface area is 105 Å². The molecule has 0 saturated carbocycles. The van der Waals surface area contributed by atoms with Crippen molar-refractivity contribution < 1.29 is 8.42 Å². The van der Waals surface area contributed by atoms with Crippen LogP contribution in [0.15, 0.2) is 0 Å². The summed E-state index contributed by atoms with van der Waals surface area (Å²) in [6.45, 7) is 7.54. The average molecular weight is 263 g/mol. The normalized spacial score (nSPS) is 23.9. The van der Waals surface area contributed by atoms with Crippen LogP contribution in [0.4, 0.5) is 0 Å². The predicted octanol–water partition coefficient (Wildman–Crippen LogP) is 0.680. The molecule has 1 aliphatic rings. The van der Waals surface area contributed by atoms with Crippen molar-refractivity contribution in [2.75, 3.05) is 19.6 Å². The topological polar surface area (TPSA) is 75.4 Å². The lowest BCUT2D eigenvalue weighted by molar-refractivity contribution is 0.272. The Hall–Kier alpha value is -0.170. The van der Waals surface area contributed by atoms with Crippen molar-refractivity contribution in [2.45, 2.75) is 45.6 Å². The first-order chi connectivity index (χ1) is 7.77. The summed E-state index contributed by atoms with van der Waals surface area (Å²) in [6.07, 6.45) is 2.69. The second-order valence-electron chi connectivity index (χ2n) is 5.64. The molecule has 3 N–H and O–H groups in total.